The van der Waals surface area contributed by atoms with Gasteiger partial charge in [-0.25, -0.2) is 9.98 Å². The van der Waals surface area contributed by atoms with Gasteiger partial charge in [-0.2, -0.15) is 0 Å². The number of hydrogen-bond donors (Lipinski definition) is 0. The molecule has 0 radical (unpaired) electrons. The van der Waals surface area contributed by atoms with Gasteiger partial charge in [0.05, 0.1) is 28.8 Å². The molecule has 0 saturated heterocycles. The lowest BCUT2D eigenvalue weighted by Gasteiger charge is -2.16. The number of nitrogens with zero attached hydrogens (tertiary/aromatic N) is 3. The van der Waals surface area contributed by atoms with E-state index >= 15 is 0 Å². The molecule has 1 aromatic heterocycles. The molecule has 0 aliphatic rings. The Labute approximate surface area is 137 Å². The van der Waals surface area contributed by atoms with Gasteiger partial charge in [0.2, 0.25) is 5.88 Å². The Hall–Kier alpha value is -0.883. The third kappa shape index (κ3) is 6.61. The number of aromatic nitrogens is 1. The largest absolute Gasteiger partial charge is 0.477 e. The minimum absolute atomic E-state index is 0.661. The van der Waals surface area contributed by atoms with Crippen LogP contribution in [0.4, 0.5) is 5.69 Å². The van der Waals surface area contributed by atoms with Crippen molar-refractivity contribution < 1.29 is 4.74 Å². The second-order valence-electron chi connectivity index (χ2n) is 6.36. The van der Waals surface area contributed by atoms with E-state index in [2.05, 4.69) is 52.5 Å². The maximum atomic E-state index is 5.81. The van der Waals surface area contributed by atoms with Gasteiger partial charge in [-0.15, -0.1) is 0 Å². The maximum absolute atomic E-state index is 5.81. The van der Waals surface area contributed by atoms with Crippen LogP contribution in [-0.4, -0.2) is 44.5 Å². The van der Waals surface area contributed by atoms with Gasteiger partial charge in [0.1, 0.15) is 0 Å². The number of halogens is 1. The zero-order valence-corrected chi connectivity index (χ0v) is 16.5. The Kier molecular flexibility index (Phi) is 6.87. The summed E-state index contributed by atoms with van der Waals surface area (Å²) in [7, 11) is 0.916. The van der Waals surface area contributed by atoms with Crippen LogP contribution in [0.5, 0.6) is 5.88 Å². The van der Waals surface area contributed by atoms with E-state index < -0.39 is 8.07 Å². The highest BCUT2D eigenvalue weighted by Gasteiger charge is 2.14. The maximum Gasteiger partial charge on any atom is 0.228 e. The summed E-state index contributed by atoms with van der Waals surface area (Å²) in [4.78, 5) is 11.0. The Balaban J connectivity index is 2.78. The number of rotatable bonds is 7. The van der Waals surface area contributed by atoms with E-state index in [4.69, 9.17) is 4.74 Å². The van der Waals surface area contributed by atoms with E-state index in [-0.39, 0.29) is 0 Å². The average molecular weight is 372 g/mol. The fraction of sp³-hybridized carbons (Fsp3) is 0.600. The summed E-state index contributed by atoms with van der Waals surface area (Å²) in [6.45, 7) is 12.7. The lowest BCUT2D eigenvalue weighted by atomic mass is 10.3. The number of hydrogen-bond acceptors (Lipinski definition) is 3. The highest BCUT2D eigenvalue weighted by atomic mass is 79.9. The molecule has 0 N–H and O–H groups in total. The zero-order valence-electron chi connectivity index (χ0n) is 13.9. The molecule has 1 heterocycles. The monoisotopic (exact) mass is 371 g/mol. The normalized spacial score (nSPS) is 12.0. The molecule has 0 fully saturated rings. The van der Waals surface area contributed by atoms with Gasteiger partial charge in [0.25, 0.3) is 0 Å². The third-order valence-electron chi connectivity index (χ3n) is 3.09. The van der Waals surface area contributed by atoms with Crippen LogP contribution >= 0.6 is 15.9 Å². The van der Waals surface area contributed by atoms with Gasteiger partial charge in [-0.3, -0.25) is 0 Å². The highest BCUT2D eigenvalue weighted by molar-refractivity contribution is 9.10. The van der Waals surface area contributed by atoms with Crippen LogP contribution in [0.25, 0.3) is 0 Å². The van der Waals surface area contributed by atoms with Crippen LogP contribution in [0.2, 0.25) is 25.7 Å². The van der Waals surface area contributed by atoms with Crippen LogP contribution in [0.1, 0.15) is 12.6 Å². The second-order valence-corrected chi connectivity index (χ2v) is 12.8. The van der Waals surface area contributed by atoms with Crippen LogP contribution in [0.15, 0.2) is 15.5 Å². The van der Waals surface area contributed by atoms with Crippen LogP contribution in [0, 0.1) is 6.92 Å². The molecule has 4 nitrogen and oxygen atoms in total. The van der Waals surface area contributed by atoms with Crippen molar-refractivity contribution in [2.75, 3.05) is 20.2 Å². The number of aliphatic imine (C=N–C) groups is 1. The first-order valence-corrected chi connectivity index (χ1v) is 11.8. The van der Waals surface area contributed by atoms with Crippen molar-refractivity contribution in [2.24, 2.45) is 4.99 Å². The van der Waals surface area contributed by atoms with Gasteiger partial charge in [0, 0.05) is 21.7 Å². The molecule has 0 atom stereocenters. The molecule has 0 aliphatic carbocycles. The summed E-state index contributed by atoms with van der Waals surface area (Å²) >= 11 is 3.52. The molecule has 1 rings (SSSR count). The lowest BCUT2D eigenvalue weighted by molar-refractivity contribution is 0.322. The van der Waals surface area contributed by atoms with E-state index in [1.165, 1.54) is 0 Å². The fourth-order valence-electron chi connectivity index (χ4n) is 1.48. The van der Waals surface area contributed by atoms with Crippen LogP contribution < -0.4 is 4.74 Å². The molecule has 0 bridgehead atoms. The standard InChI is InChI=1S/C15H26BrN3OSi/c1-7-19(3)11-17-14-10-13(16)15(18-12(14)2)20-8-9-21(4,5)6/h10-11H,7-9H2,1-6H3. The van der Waals surface area contributed by atoms with Crippen molar-refractivity contribution in [2.45, 2.75) is 39.5 Å². The summed E-state index contributed by atoms with van der Waals surface area (Å²) in [5.41, 5.74) is 1.74. The zero-order chi connectivity index (χ0) is 16.0. The number of aryl methyl sites for hydroxylation is 1. The molecule has 0 unspecified atom stereocenters. The van der Waals surface area contributed by atoms with Crippen LogP contribution in [0.3, 0.4) is 0 Å². The summed E-state index contributed by atoms with van der Waals surface area (Å²) in [5.74, 6) is 0.661. The molecule has 0 aliphatic heterocycles. The molecule has 0 spiro atoms. The van der Waals surface area contributed by atoms with Gasteiger partial charge in [0.15, 0.2) is 0 Å². The van der Waals surface area contributed by atoms with E-state index in [0.29, 0.717) is 5.88 Å². The van der Waals surface area contributed by atoms with Crippen molar-refractivity contribution in [1.82, 2.24) is 9.88 Å². The average Bonchev–Trinajstić information content (AvgIpc) is 2.38. The number of pyridine rings is 1. The van der Waals surface area contributed by atoms with Gasteiger partial charge in [-0.1, -0.05) is 19.6 Å². The van der Waals surface area contributed by atoms with Crippen molar-refractivity contribution in [3.05, 3.63) is 16.2 Å². The smallest absolute Gasteiger partial charge is 0.228 e. The molecule has 0 aromatic carbocycles. The molecular weight excluding hydrogens is 346 g/mol. The Morgan fingerprint density at radius 1 is 1.43 bits per heavy atom. The first kappa shape index (κ1) is 18.2. The molecule has 6 heteroatoms. The summed E-state index contributed by atoms with van der Waals surface area (Å²) < 4.78 is 6.67. The van der Waals surface area contributed by atoms with E-state index in [0.717, 1.165) is 35.0 Å². The summed E-state index contributed by atoms with van der Waals surface area (Å²) in [6.07, 6.45) is 1.82. The fourth-order valence-corrected chi connectivity index (χ4v) is 2.61. The van der Waals surface area contributed by atoms with Crippen molar-refractivity contribution in [3.63, 3.8) is 0 Å². The Morgan fingerprint density at radius 2 is 2.10 bits per heavy atom. The van der Waals surface area contributed by atoms with E-state index in [1.54, 1.807) is 0 Å². The van der Waals surface area contributed by atoms with Crippen LogP contribution in [-0.2, 0) is 0 Å². The van der Waals surface area contributed by atoms with E-state index in [9.17, 15) is 0 Å². The Morgan fingerprint density at radius 3 is 2.67 bits per heavy atom. The molecule has 0 saturated carbocycles. The summed E-state index contributed by atoms with van der Waals surface area (Å²) in [6, 6.07) is 3.09. The first-order chi connectivity index (χ1) is 9.73. The molecule has 1 aromatic rings. The summed E-state index contributed by atoms with van der Waals surface area (Å²) in [5, 5.41) is 0. The first-order valence-electron chi connectivity index (χ1n) is 7.27. The van der Waals surface area contributed by atoms with E-state index in [1.807, 2.05) is 31.3 Å². The molecule has 21 heavy (non-hydrogen) atoms. The van der Waals surface area contributed by atoms with Gasteiger partial charge in [-0.05, 0) is 41.9 Å². The van der Waals surface area contributed by atoms with Crippen molar-refractivity contribution >= 4 is 36.0 Å². The third-order valence-corrected chi connectivity index (χ3v) is 5.36. The van der Waals surface area contributed by atoms with Gasteiger partial charge < -0.3 is 9.64 Å². The molecule has 118 valence electrons. The quantitative estimate of drug-likeness (QED) is 0.402. The predicted octanol–water partition coefficient (Wildman–Crippen LogP) is 4.48. The molecular formula is C15H26BrN3OSi. The number of ether oxygens (including phenoxy) is 1. The molecule has 0 amide bonds. The second kappa shape index (κ2) is 7.94. The Bertz CT molecular complexity index is 500. The van der Waals surface area contributed by atoms with Gasteiger partial charge >= 0.3 is 0 Å². The minimum Gasteiger partial charge on any atom is -0.477 e. The van der Waals surface area contributed by atoms with Crippen molar-refractivity contribution in [1.29, 1.82) is 0 Å². The minimum atomic E-state index is -1.08. The SMILES string of the molecule is CCN(C)C=Nc1cc(Br)c(OCC[Si](C)(C)C)nc1C. The predicted molar refractivity (Wildman–Crippen MR) is 96.8 cm³/mol. The van der Waals surface area contributed by atoms with Crippen molar-refractivity contribution in [3.8, 4) is 5.88 Å². The lowest BCUT2D eigenvalue weighted by Crippen LogP contribution is -2.22. The topological polar surface area (TPSA) is 37.7 Å². The highest BCUT2D eigenvalue weighted by Crippen LogP contribution is 2.29.